The summed E-state index contributed by atoms with van der Waals surface area (Å²) >= 11 is 0. The highest BCUT2D eigenvalue weighted by atomic mass is 16.5. The lowest BCUT2D eigenvalue weighted by Crippen LogP contribution is -2.29. The van der Waals surface area contributed by atoms with E-state index in [0.717, 1.165) is 11.1 Å². The Kier molecular flexibility index (Phi) is 4.92. The molecule has 0 aliphatic carbocycles. The topological polar surface area (TPSA) is 66.8 Å². The molecule has 0 saturated carbocycles. The highest BCUT2D eigenvalue weighted by Gasteiger charge is 2.12. The van der Waals surface area contributed by atoms with Crippen LogP contribution in [-0.2, 0) is 11.3 Å². The first-order chi connectivity index (χ1) is 10.1. The molecule has 0 aliphatic heterocycles. The summed E-state index contributed by atoms with van der Waals surface area (Å²) in [5, 5.41) is 18.0. The minimum Gasteiger partial charge on any atom is -0.457 e. The number of hydrogen-bond acceptors (Lipinski definition) is 4. The van der Waals surface area contributed by atoms with Crippen LogP contribution in [0.1, 0.15) is 21.5 Å². The SMILES string of the molecule is C=Cc1ccc(COC(=O)c2ccc(B(O)O)cc2)cc1. The Morgan fingerprint density at radius 2 is 1.71 bits per heavy atom. The normalized spacial score (nSPS) is 10.0. The number of carbonyl (C=O) groups is 1. The van der Waals surface area contributed by atoms with Gasteiger partial charge in [0.25, 0.3) is 0 Å². The van der Waals surface area contributed by atoms with Crippen molar-refractivity contribution in [3.63, 3.8) is 0 Å². The average Bonchev–Trinajstić information content (AvgIpc) is 2.53. The van der Waals surface area contributed by atoms with Crippen molar-refractivity contribution in [2.75, 3.05) is 0 Å². The molecule has 2 N–H and O–H groups in total. The highest BCUT2D eigenvalue weighted by Crippen LogP contribution is 2.08. The molecule has 106 valence electrons. The van der Waals surface area contributed by atoms with Crippen LogP contribution >= 0.6 is 0 Å². The van der Waals surface area contributed by atoms with E-state index in [0.29, 0.717) is 11.0 Å². The first-order valence-electron chi connectivity index (χ1n) is 6.45. The molecule has 0 bridgehead atoms. The Morgan fingerprint density at radius 1 is 1.10 bits per heavy atom. The zero-order valence-corrected chi connectivity index (χ0v) is 11.4. The van der Waals surface area contributed by atoms with E-state index in [1.807, 2.05) is 24.3 Å². The lowest BCUT2D eigenvalue weighted by molar-refractivity contribution is 0.0472. The van der Waals surface area contributed by atoms with E-state index in [1.54, 1.807) is 6.08 Å². The molecule has 5 heteroatoms. The first kappa shape index (κ1) is 15.0. The molecule has 0 aliphatic rings. The second-order valence-corrected chi connectivity index (χ2v) is 4.52. The predicted octanol–water partition coefficient (Wildman–Crippen LogP) is 1.37. The third-order valence-corrected chi connectivity index (χ3v) is 3.03. The van der Waals surface area contributed by atoms with Crippen LogP contribution in [0.4, 0.5) is 0 Å². The molecule has 0 radical (unpaired) electrons. The van der Waals surface area contributed by atoms with Gasteiger partial charge < -0.3 is 14.8 Å². The van der Waals surface area contributed by atoms with Gasteiger partial charge in [0, 0.05) is 0 Å². The fraction of sp³-hybridized carbons (Fsp3) is 0.0625. The van der Waals surface area contributed by atoms with Crippen LogP contribution < -0.4 is 5.46 Å². The number of benzene rings is 2. The third kappa shape index (κ3) is 4.05. The summed E-state index contributed by atoms with van der Waals surface area (Å²) in [5.41, 5.74) is 2.58. The maximum atomic E-state index is 11.9. The van der Waals surface area contributed by atoms with Crippen LogP contribution in [-0.4, -0.2) is 23.1 Å². The summed E-state index contributed by atoms with van der Waals surface area (Å²) in [6, 6.07) is 13.5. The summed E-state index contributed by atoms with van der Waals surface area (Å²) in [4.78, 5) is 11.9. The number of rotatable bonds is 5. The molecule has 0 heterocycles. The van der Waals surface area contributed by atoms with E-state index in [4.69, 9.17) is 14.8 Å². The van der Waals surface area contributed by atoms with E-state index in [9.17, 15) is 4.79 Å². The first-order valence-corrected chi connectivity index (χ1v) is 6.45. The fourth-order valence-corrected chi connectivity index (χ4v) is 1.77. The van der Waals surface area contributed by atoms with Gasteiger partial charge in [-0.3, -0.25) is 0 Å². The number of carbonyl (C=O) groups excluding carboxylic acids is 1. The van der Waals surface area contributed by atoms with Crippen molar-refractivity contribution < 1.29 is 19.6 Å². The Morgan fingerprint density at radius 3 is 2.24 bits per heavy atom. The van der Waals surface area contributed by atoms with Gasteiger partial charge in [-0.1, -0.05) is 49.1 Å². The maximum absolute atomic E-state index is 11.9. The molecule has 0 aromatic heterocycles. The summed E-state index contributed by atoms with van der Waals surface area (Å²) in [6.45, 7) is 3.85. The molecular weight excluding hydrogens is 267 g/mol. The standard InChI is InChI=1S/C16H15BO4/c1-2-12-3-5-13(6-4-12)11-21-16(18)14-7-9-15(10-8-14)17(19)20/h2-10,19-20H,1,11H2. The molecule has 4 nitrogen and oxygen atoms in total. The molecule has 2 rings (SSSR count). The van der Waals surface area contributed by atoms with Gasteiger partial charge in [0.15, 0.2) is 0 Å². The number of hydrogen-bond donors (Lipinski definition) is 2. The van der Waals surface area contributed by atoms with Crippen molar-refractivity contribution in [2.24, 2.45) is 0 Å². The Hall–Kier alpha value is -2.37. The molecule has 0 unspecified atom stereocenters. The largest absolute Gasteiger partial charge is 0.488 e. The Balaban J connectivity index is 1.95. The zero-order chi connectivity index (χ0) is 15.2. The van der Waals surface area contributed by atoms with Gasteiger partial charge in [0.05, 0.1) is 5.56 Å². The zero-order valence-electron chi connectivity index (χ0n) is 11.4. The smallest absolute Gasteiger partial charge is 0.457 e. The Labute approximate surface area is 123 Å². The van der Waals surface area contributed by atoms with Gasteiger partial charge >= 0.3 is 13.1 Å². The van der Waals surface area contributed by atoms with Crippen LogP contribution in [0.3, 0.4) is 0 Å². The van der Waals surface area contributed by atoms with Crippen LogP contribution in [0.25, 0.3) is 6.08 Å². The molecule has 2 aromatic carbocycles. The quantitative estimate of drug-likeness (QED) is 0.642. The van der Waals surface area contributed by atoms with Gasteiger partial charge in [-0.25, -0.2) is 4.79 Å². The monoisotopic (exact) mass is 282 g/mol. The van der Waals surface area contributed by atoms with Gasteiger partial charge in [0.2, 0.25) is 0 Å². The molecule has 21 heavy (non-hydrogen) atoms. The van der Waals surface area contributed by atoms with E-state index >= 15 is 0 Å². The van der Waals surface area contributed by atoms with Crippen molar-refractivity contribution >= 4 is 24.6 Å². The van der Waals surface area contributed by atoms with Crippen LogP contribution in [0, 0.1) is 0 Å². The molecular formula is C16H15BO4. The van der Waals surface area contributed by atoms with Gasteiger partial charge in [-0.05, 0) is 28.7 Å². The van der Waals surface area contributed by atoms with Crippen molar-refractivity contribution in [3.05, 3.63) is 71.8 Å². The van der Waals surface area contributed by atoms with Crippen LogP contribution in [0.5, 0.6) is 0 Å². The molecule has 2 aromatic rings. The number of esters is 1. The summed E-state index contributed by atoms with van der Waals surface area (Å²) in [7, 11) is -1.54. The Bertz CT molecular complexity index is 618. The third-order valence-electron chi connectivity index (χ3n) is 3.03. The predicted molar refractivity (Wildman–Crippen MR) is 81.9 cm³/mol. The average molecular weight is 282 g/mol. The van der Waals surface area contributed by atoms with Crippen LogP contribution in [0.15, 0.2) is 55.1 Å². The maximum Gasteiger partial charge on any atom is 0.488 e. The highest BCUT2D eigenvalue weighted by molar-refractivity contribution is 6.58. The van der Waals surface area contributed by atoms with Crippen molar-refractivity contribution in [1.29, 1.82) is 0 Å². The van der Waals surface area contributed by atoms with Gasteiger partial charge in [-0.2, -0.15) is 0 Å². The van der Waals surface area contributed by atoms with Crippen molar-refractivity contribution in [1.82, 2.24) is 0 Å². The van der Waals surface area contributed by atoms with Gasteiger partial charge in [0.1, 0.15) is 6.61 Å². The molecule has 0 amide bonds. The van der Waals surface area contributed by atoms with Gasteiger partial charge in [-0.15, -0.1) is 0 Å². The molecule has 0 atom stereocenters. The second-order valence-electron chi connectivity index (χ2n) is 4.52. The molecule has 0 spiro atoms. The minimum atomic E-state index is -1.54. The van der Waals surface area contributed by atoms with E-state index in [-0.39, 0.29) is 6.61 Å². The van der Waals surface area contributed by atoms with E-state index in [2.05, 4.69) is 6.58 Å². The van der Waals surface area contributed by atoms with Crippen molar-refractivity contribution in [2.45, 2.75) is 6.61 Å². The van der Waals surface area contributed by atoms with E-state index < -0.39 is 13.1 Å². The summed E-state index contributed by atoms with van der Waals surface area (Å²) < 4.78 is 5.20. The minimum absolute atomic E-state index is 0.181. The summed E-state index contributed by atoms with van der Waals surface area (Å²) in [6.07, 6.45) is 1.74. The lowest BCUT2D eigenvalue weighted by atomic mass is 9.80. The molecule has 0 saturated heterocycles. The second kappa shape index (κ2) is 6.88. The lowest BCUT2D eigenvalue weighted by Gasteiger charge is -2.06. The summed E-state index contributed by atoms with van der Waals surface area (Å²) in [5.74, 6) is -0.457. The van der Waals surface area contributed by atoms with E-state index in [1.165, 1.54) is 24.3 Å². The fourth-order valence-electron chi connectivity index (χ4n) is 1.77. The van der Waals surface area contributed by atoms with Crippen LogP contribution in [0.2, 0.25) is 0 Å². The molecule has 0 fully saturated rings. The van der Waals surface area contributed by atoms with Crippen molar-refractivity contribution in [3.8, 4) is 0 Å². The number of ether oxygens (including phenoxy) is 1.